The number of unbranched alkanes of at least 4 members (excludes halogenated alkanes) is 18. The van der Waals surface area contributed by atoms with Crippen molar-refractivity contribution in [2.75, 3.05) is 26.4 Å². The Hall–Kier alpha value is -2.03. The van der Waals surface area contributed by atoms with Crippen molar-refractivity contribution in [3.05, 3.63) is 48.8 Å². The first-order valence-corrected chi connectivity index (χ1v) is 21.6. The second kappa shape index (κ2) is 37.7. The lowest BCUT2D eigenvalue weighted by atomic mass is 10.1. The second-order valence-electron chi connectivity index (χ2n) is 13.2. The van der Waals surface area contributed by atoms with Crippen LogP contribution in [0.25, 0.3) is 0 Å². The molecule has 0 radical (unpaired) electrons. The highest BCUT2D eigenvalue weighted by Crippen LogP contribution is 2.43. The largest absolute Gasteiger partial charge is 0.498 e. The number of allylic oxidation sites excluding steroid dienone is 7. The summed E-state index contributed by atoms with van der Waals surface area (Å²) in [5.41, 5.74) is 5.34. The Balaban J connectivity index is 4.21. The van der Waals surface area contributed by atoms with E-state index in [4.69, 9.17) is 24.3 Å². The highest BCUT2D eigenvalue weighted by Gasteiger charge is 2.25. The molecule has 2 atom stereocenters. The quantitative estimate of drug-likeness (QED) is 0.0121. The maximum absolute atomic E-state index is 12.5. The molecule has 0 aromatic heterocycles. The first kappa shape index (κ1) is 49.0. The molecular formula is C41H74NO8P. The Labute approximate surface area is 311 Å². The molecule has 0 amide bonds. The van der Waals surface area contributed by atoms with Gasteiger partial charge in [-0.1, -0.05) is 121 Å². The van der Waals surface area contributed by atoms with E-state index in [9.17, 15) is 19.0 Å². The van der Waals surface area contributed by atoms with Crippen molar-refractivity contribution in [3.63, 3.8) is 0 Å². The summed E-state index contributed by atoms with van der Waals surface area (Å²) in [7, 11) is -4.31. The van der Waals surface area contributed by atoms with Crippen LogP contribution in [0.4, 0.5) is 0 Å². The highest BCUT2D eigenvalue weighted by atomic mass is 31.2. The average Bonchev–Trinajstić information content (AvgIpc) is 3.11. The average molecular weight is 740 g/mol. The molecule has 51 heavy (non-hydrogen) atoms. The van der Waals surface area contributed by atoms with Gasteiger partial charge in [-0.3, -0.25) is 18.6 Å². The van der Waals surface area contributed by atoms with Gasteiger partial charge in [0.2, 0.25) is 0 Å². The number of ether oxygens (including phenoxy) is 2. The van der Waals surface area contributed by atoms with Crippen molar-refractivity contribution in [2.24, 2.45) is 5.73 Å². The number of hydrogen-bond donors (Lipinski definition) is 2. The number of phosphoric acid groups is 1. The van der Waals surface area contributed by atoms with Crippen LogP contribution >= 0.6 is 7.82 Å². The standard InChI is InChI=1S/C41H74NO8P/c1-3-5-7-8-9-10-11-12-13-14-15-16-20-23-26-30-35-47-37-40(38-49-51(45,46)48-36-34-42)50-41(44)33-29-25-22-19-17-18-21-24-28-32-39(43)31-27-6-4-2/h10-11,21,24,28,30,32,35,40H,3-9,12-20,22-23,25-27,29,31,33-34,36-38,42H2,1-2H3,(H,45,46)/b11-10-,24-21-,32-28+,35-30+/t40-/m1/s1. The molecule has 0 aliphatic heterocycles. The molecule has 0 saturated carbocycles. The fourth-order valence-electron chi connectivity index (χ4n) is 5.23. The zero-order valence-corrected chi connectivity index (χ0v) is 33.2. The molecule has 9 nitrogen and oxygen atoms in total. The minimum Gasteiger partial charge on any atom is -0.498 e. The lowest BCUT2D eigenvalue weighted by molar-refractivity contribution is -0.153. The van der Waals surface area contributed by atoms with E-state index in [1.165, 1.54) is 70.6 Å². The summed E-state index contributed by atoms with van der Waals surface area (Å²) >= 11 is 0. The molecule has 0 aromatic rings. The second-order valence-corrected chi connectivity index (χ2v) is 14.7. The van der Waals surface area contributed by atoms with Crippen LogP contribution in [-0.2, 0) is 32.7 Å². The van der Waals surface area contributed by atoms with Gasteiger partial charge in [-0.15, -0.1) is 0 Å². The van der Waals surface area contributed by atoms with Crippen LogP contribution in [0.5, 0.6) is 0 Å². The summed E-state index contributed by atoms with van der Waals surface area (Å²) in [6, 6.07) is 0. The van der Waals surface area contributed by atoms with E-state index >= 15 is 0 Å². The van der Waals surface area contributed by atoms with E-state index in [0.29, 0.717) is 12.8 Å². The highest BCUT2D eigenvalue weighted by molar-refractivity contribution is 7.47. The van der Waals surface area contributed by atoms with Gasteiger partial charge in [-0.2, -0.15) is 0 Å². The van der Waals surface area contributed by atoms with Crippen molar-refractivity contribution < 1.29 is 37.6 Å². The molecule has 0 fully saturated rings. The minimum absolute atomic E-state index is 0.00202. The molecule has 3 N–H and O–H groups in total. The smallest absolute Gasteiger partial charge is 0.472 e. The fourth-order valence-corrected chi connectivity index (χ4v) is 6.00. The predicted molar refractivity (Wildman–Crippen MR) is 210 cm³/mol. The number of hydrogen-bond acceptors (Lipinski definition) is 8. The monoisotopic (exact) mass is 740 g/mol. The van der Waals surface area contributed by atoms with Crippen molar-refractivity contribution in [1.29, 1.82) is 0 Å². The molecule has 0 spiro atoms. The molecular weight excluding hydrogens is 665 g/mol. The van der Waals surface area contributed by atoms with Gasteiger partial charge in [0, 0.05) is 19.4 Å². The zero-order chi connectivity index (χ0) is 37.5. The van der Waals surface area contributed by atoms with Gasteiger partial charge in [0.05, 0.1) is 19.5 Å². The van der Waals surface area contributed by atoms with Crippen LogP contribution in [0.15, 0.2) is 48.8 Å². The van der Waals surface area contributed by atoms with Gasteiger partial charge >= 0.3 is 13.8 Å². The summed E-state index contributed by atoms with van der Waals surface area (Å²) in [6.07, 6.45) is 40.5. The molecule has 0 bridgehead atoms. The summed E-state index contributed by atoms with van der Waals surface area (Å²) in [5.74, 6) is -0.215. The number of ketones is 1. The van der Waals surface area contributed by atoms with Gasteiger partial charge in [0.25, 0.3) is 0 Å². The van der Waals surface area contributed by atoms with Crippen LogP contribution in [0.1, 0.15) is 168 Å². The number of carbonyl (C=O) groups is 2. The summed E-state index contributed by atoms with van der Waals surface area (Å²) in [4.78, 5) is 34.1. The maximum Gasteiger partial charge on any atom is 0.472 e. The normalized spacial score (nSPS) is 13.9. The van der Waals surface area contributed by atoms with Crippen LogP contribution in [0.2, 0.25) is 0 Å². The molecule has 0 heterocycles. The SMILES string of the molecule is CCCCCC/C=C\CCCCCCCC/C=C/OC[C@H](COP(=O)(O)OCCN)OC(=O)CCCCCCC/C=C\C=C\C(=O)CCCCC. The number of carbonyl (C=O) groups excluding carboxylic acids is 2. The Bertz CT molecular complexity index is 981. The molecule has 1 unspecified atom stereocenters. The predicted octanol–water partition coefficient (Wildman–Crippen LogP) is 11.2. The van der Waals surface area contributed by atoms with Crippen LogP contribution in [-0.4, -0.2) is 49.1 Å². The van der Waals surface area contributed by atoms with Gasteiger partial charge in [0.1, 0.15) is 6.61 Å². The van der Waals surface area contributed by atoms with Gasteiger partial charge in [-0.05, 0) is 76.4 Å². The lowest BCUT2D eigenvalue weighted by Gasteiger charge is -2.19. The minimum atomic E-state index is -4.31. The van der Waals surface area contributed by atoms with Crippen molar-refractivity contribution in [3.8, 4) is 0 Å². The van der Waals surface area contributed by atoms with E-state index in [2.05, 4.69) is 32.1 Å². The van der Waals surface area contributed by atoms with Crippen LogP contribution < -0.4 is 5.73 Å². The number of phosphoric ester groups is 1. The van der Waals surface area contributed by atoms with Gasteiger partial charge in [-0.25, -0.2) is 4.57 Å². The molecule has 0 aliphatic carbocycles. The topological polar surface area (TPSA) is 134 Å². The number of nitrogens with two attached hydrogens (primary N) is 1. The Morgan fingerprint density at radius 2 is 1.18 bits per heavy atom. The first-order valence-electron chi connectivity index (χ1n) is 20.1. The van der Waals surface area contributed by atoms with Crippen LogP contribution in [0, 0.1) is 0 Å². The Morgan fingerprint density at radius 3 is 1.80 bits per heavy atom. The Kier molecular flexibility index (Phi) is 36.2. The van der Waals surface area contributed by atoms with E-state index in [1.54, 1.807) is 12.3 Å². The molecule has 0 aliphatic rings. The van der Waals surface area contributed by atoms with E-state index in [1.807, 2.05) is 18.2 Å². The van der Waals surface area contributed by atoms with Crippen molar-refractivity contribution in [2.45, 2.75) is 174 Å². The summed E-state index contributed by atoms with van der Waals surface area (Å²) in [6.45, 7) is 4.00. The summed E-state index contributed by atoms with van der Waals surface area (Å²) < 4.78 is 33.0. The third kappa shape index (κ3) is 37.5. The van der Waals surface area contributed by atoms with E-state index in [0.717, 1.165) is 64.2 Å². The number of rotatable bonds is 38. The van der Waals surface area contributed by atoms with Gasteiger partial charge in [0.15, 0.2) is 11.9 Å². The van der Waals surface area contributed by atoms with Crippen molar-refractivity contribution >= 4 is 19.6 Å². The molecule has 10 heteroatoms. The summed E-state index contributed by atoms with van der Waals surface area (Å²) in [5, 5.41) is 0. The van der Waals surface area contributed by atoms with Gasteiger partial charge < -0.3 is 20.1 Å². The maximum atomic E-state index is 12.5. The third-order valence-corrected chi connectivity index (χ3v) is 9.24. The molecule has 0 aromatic carbocycles. The lowest BCUT2D eigenvalue weighted by Crippen LogP contribution is -2.27. The molecule has 0 saturated heterocycles. The molecule has 296 valence electrons. The number of esters is 1. The van der Waals surface area contributed by atoms with Crippen LogP contribution in [0.3, 0.4) is 0 Å². The van der Waals surface area contributed by atoms with E-state index in [-0.39, 0.29) is 38.6 Å². The van der Waals surface area contributed by atoms with Crippen molar-refractivity contribution in [1.82, 2.24) is 0 Å². The van der Waals surface area contributed by atoms with E-state index < -0.39 is 19.9 Å². The fraction of sp³-hybridized carbons (Fsp3) is 0.756. The first-order chi connectivity index (χ1) is 24.8. The zero-order valence-electron chi connectivity index (χ0n) is 32.3. The Morgan fingerprint density at radius 1 is 0.647 bits per heavy atom. The molecule has 0 rings (SSSR count). The third-order valence-electron chi connectivity index (χ3n) is 8.26.